The molecule has 0 atom stereocenters. The van der Waals surface area contributed by atoms with Gasteiger partial charge in [0.1, 0.15) is 18.2 Å². The third-order valence-electron chi connectivity index (χ3n) is 3.59. The van der Waals surface area contributed by atoms with Crippen molar-refractivity contribution in [1.82, 2.24) is 4.90 Å². The van der Waals surface area contributed by atoms with Crippen LogP contribution in [0.3, 0.4) is 0 Å². The maximum Gasteiger partial charge on any atom is 0.127 e. The highest BCUT2D eigenvalue weighted by molar-refractivity contribution is 5.69. The first-order valence-electron chi connectivity index (χ1n) is 7.12. The van der Waals surface area contributed by atoms with Crippen LogP contribution in [0.15, 0.2) is 36.4 Å². The number of aryl methyl sites for hydroxylation is 1. The van der Waals surface area contributed by atoms with E-state index in [1.54, 1.807) is 6.07 Å². The highest BCUT2D eigenvalue weighted by Gasteiger charge is 2.08. The van der Waals surface area contributed by atoms with Crippen molar-refractivity contribution in [1.29, 1.82) is 0 Å². The molecule has 112 valence electrons. The van der Waals surface area contributed by atoms with Crippen LogP contribution in [0.1, 0.15) is 11.1 Å². The summed E-state index contributed by atoms with van der Waals surface area (Å²) in [4.78, 5) is 2.03. The summed E-state index contributed by atoms with van der Waals surface area (Å²) >= 11 is 0. The van der Waals surface area contributed by atoms with E-state index in [9.17, 15) is 4.39 Å². The Morgan fingerprint density at radius 1 is 1.10 bits per heavy atom. The number of hydrogen-bond donors (Lipinski definition) is 0. The number of halogens is 1. The van der Waals surface area contributed by atoms with E-state index in [0.29, 0.717) is 12.4 Å². The zero-order chi connectivity index (χ0) is 15.4. The van der Waals surface area contributed by atoms with Gasteiger partial charge in [-0.05, 0) is 62.3 Å². The van der Waals surface area contributed by atoms with Gasteiger partial charge < -0.3 is 9.64 Å². The van der Waals surface area contributed by atoms with Crippen molar-refractivity contribution in [3.8, 4) is 16.9 Å². The lowest BCUT2D eigenvalue weighted by Gasteiger charge is -2.13. The first-order chi connectivity index (χ1) is 9.97. The van der Waals surface area contributed by atoms with Crippen LogP contribution in [0, 0.1) is 19.7 Å². The summed E-state index contributed by atoms with van der Waals surface area (Å²) in [6.45, 7) is 5.47. The van der Waals surface area contributed by atoms with E-state index < -0.39 is 0 Å². The monoisotopic (exact) mass is 287 g/mol. The number of rotatable bonds is 5. The van der Waals surface area contributed by atoms with Crippen LogP contribution < -0.4 is 4.74 Å². The first kappa shape index (κ1) is 15.5. The third kappa shape index (κ3) is 4.05. The second kappa shape index (κ2) is 6.72. The number of hydrogen-bond acceptors (Lipinski definition) is 2. The predicted molar refractivity (Wildman–Crippen MR) is 85.4 cm³/mol. The molecular formula is C18H22FNO. The molecule has 0 bridgehead atoms. The summed E-state index contributed by atoms with van der Waals surface area (Å²) in [6, 6.07) is 11.0. The number of benzene rings is 2. The van der Waals surface area contributed by atoms with Crippen LogP contribution >= 0.6 is 0 Å². The zero-order valence-electron chi connectivity index (χ0n) is 13.1. The Bertz CT molecular complexity index is 623. The molecule has 0 heterocycles. The molecule has 0 amide bonds. The molecule has 2 aromatic rings. The van der Waals surface area contributed by atoms with Gasteiger partial charge in [0.2, 0.25) is 0 Å². The Morgan fingerprint density at radius 3 is 2.57 bits per heavy atom. The van der Waals surface area contributed by atoms with Crippen molar-refractivity contribution >= 4 is 0 Å². The molecule has 2 nitrogen and oxygen atoms in total. The molecule has 0 unspecified atom stereocenters. The van der Waals surface area contributed by atoms with Crippen LogP contribution in [0.4, 0.5) is 4.39 Å². The highest BCUT2D eigenvalue weighted by atomic mass is 19.1. The fraction of sp³-hybridized carbons (Fsp3) is 0.333. The second-order valence-electron chi connectivity index (χ2n) is 5.57. The summed E-state index contributed by atoms with van der Waals surface area (Å²) in [6.07, 6.45) is 0. The van der Waals surface area contributed by atoms with E-state index in [-0.39, 0.29) is 5.82 Å². The maximum atomic E-state index is 13.8. The summed E-state index contributed by atoms with van der Waals surface area (Å²) < 4.78 is 19.5. The molecule has 2 rings (SSSR count). The minimum Gasteiger partial charge on any atom is -0.492 e. The lowest BCUT2D eigenvalue weighted by atomic mass is 9.97. The zero-order valence-corrected chi connectivity index (χ0v) is 13.1. The fourth-order valence-corrected chi connectivity index (χ4v) is 2.21. The summed E-state index contributed by atoms with van der Waals surface area (Å²) in [5.41, 5.74) is 4.28. The topological polar surface area (TPSA) is 12.5 Å². The van der Waals surface area contributed by atoms with Gasteiger partial charge in [-0.25, -0.2) is 4.39 Å². The first-order valence-corrected chi connectivity index (χ1v) is 7.12. The van der Waals surface area contributed by atoms with Crippen LogP contribution in [-0.2, 0) is 0 Å². The average molecular weight is 287 g/mol. The Hall–Kier alpha value is -1.87. The van der Waals surface area contributed by atoms with E-state index in [1.807, 2.05) is 37.2 Å². The van der Waals surface area contributed by atoms with Gasteiger partial charge in [0.05, 0.1) is 0 Å². The second-order valence-corrected chi connectivity index (χ2v) is 5.57. The van der Waals surface area contributed by atoms with E-state index >= 15 is 0 Å². The molecule has 0 aliphatic heterocycles. The van der Waals surface area contributed by atoms with Crippen molar-refractivity contribution in [2.24, 2.45) is 0 Å². The molecule has 0 N–H and O–H groups in total. The van der Waals surface area contributed by atoms with E-state index in [1.165, 1.54) is 17.2 Å². The standard InChI is InChI=1S/C18H22FNO/c1-13-6-5-7-18(14(13)2)15-10-16(19)12-17(11-15)21-9-8-20(3)4/h5-7,10-12H,8-9H2,1-4H3. The van der Waals surface area contributed by atoms with Gasteiger partial charge in [-0.2, -0.15) is 0 Å². The Labute approximate surface area is 126 Å². The van der Waals surface area contributed by atoms with Crippen LogP contribution in [0.25, 0.3) is 11.1 Å². The largest absolute Gasteiger partial charge is 0.492 e. The smallest absolute Gasteiger partial charge is 0.127 e. The third-order valence-corrected chi connectivity index (χ3v) is 3.59. The molecule has 0 spiro atoms. The van der Waals surface area contributed by atoms with Gasteiger partial charge in [-0.15, -0.1) is 0 Å². The van der Waals surface area contributed by atoms with Gasteiger partial charge in [-0.1, -0.05) is 18.2 Å². The van der Waals surface area contributed by atoms with Crippen molar-refractivity contribution < 1.29 is 9.13 Å². The molecule has 0 aromatic heterocycles. The Balaban J connectivity index is 2.28. The molecule has 3 heteroatoms. The summed E-state index contributed by atoms with van der Waals surface area (Å²) in [5.74, 6) is 0.306. The number of nitrogens with zero attached hydrogens (tertiary/aromatic N) is 1. The molecule has 0 fully saturated rings. The predicted octanol–water partition coefficient (Wildman–Crippen LogP) is 4.05. The average Bonchev–Trinajstić information content (AvgIpc) is 2.41. The van der Waals surface area contributed by atoms with Crippen molar-refractivity contribution in [2.45, 2.75) is 13.8 Å². The molecule has 0 aliphatic carbocycles. The number of likely N-dealkylation sites (N-methyl/N-ethyl adjacent to an activating group) is 1. The highest BCUT2D eigenvalue weighted by Crippen LogP contribution is 2.29. The van der Waals surface area contributed by atoms with E-state index in [0.717, 1.165) is 17.7 Å². The van der Waals surface area contributed by atoms with E-state index in [4.69, 9.17) is 4.74 Å². The van der Waals surface area contributed by atoms with Crippen molar-refractivity contribution in [3.05, 3.63) is 53.3 Å². The quantitative estimate of drug-likeness (QED) is 0.822. The molecule has 0 radical (unpaired) electrons. The molecular weight excluding hydrogens is 265 g/mol. The van der Waals surface area contributed by atoms with Crippen molar-refractivity contribution in [3.63, 3.8) is 0 Å². The van der Waals surface area contributed by atoms with Gasteiger partial charge in [0, 0.05) is 12.6 Å². The van der Waals surface area contributed by atoms with Gasteiger partial charge in [0.15, 0.2) is 0 Å². The van der Waals surface area contributed by atoms with Crippen LogP contribution in [0.5, 0.6) is 5.75 Å². The van der Waals surface area contributed by atoms with Crippen molar-refractivity contribution in [2.75, 3.05) is 27.2 Å². The minimum absolute atomic E-state index is 0.270. The summed E-state index contributed by atoms with van der Waals surface area (Å²) in [7, 11) is 3.97. The Kier molecular flexibility index (Phi) is 4.97. The van der Waals surface area contributed by atoms with Crippen LogP contribution in [0.2, 0.25) is 0 Å². The Morgan fingerprint density at radius 2 is 1.86 bits per heavy atom. The van der Waals surface area contributed by atoms with Crippen LogP contribution in [-0.4, -0.2) is 32.1 Å². The lowest BCUT2D eigenvalue weighted by molar-refractivity contribution is 0.260. The lowest BCUT2D eigenvalue weighted by Crippen LogP contribution is -2.19. The normalized spacial score (nSPS) is 11.0. The maximum absolute atomic E-state index is 13.8. The number of ether oxygens (including phenoxy) is 1. The molecule has 21 heavy (non-hydrogen) atoms. The molecule has 0 saturated carbocycles. The van der Waals surface area contributed by atoms with E-state index in [2.05, 4.69) is 19.9 Å². The molecule has 0 saturated heterocycles. The van der Waals surface area contributed by atoms with Gasteiger partial charge in [0.25, 0.3) is 0 Å². The molecule has 0 aliphatic rings. The fourth-order valence-electron chi connectivity index (χ4n) is 2.21. The van der Waals surface area contributed by atoms with Gasteiger partial charge >= 0.3 is 0 Å². The van der Waals surface area contributed by atoms with Gasteiger partial charge in [-0.3, -0.25) is 0 Å². The minimum atomic E-state index is -0.270. The molecule has 2 aromatic carbocycles. The summed E-state index contributed by atoms with van der Waals surface area (Å²) in [5, 5.41) is 0. The SMILES string of the molecule is Cc1cccc(-c2cc(F)cc(OCCN(C)C)c2)c1C.